The minimum Gasteiger partial charge on any atom is -0.480 e. The maximum absolute atomic E-state index is 11.2. The SMILES string of the molecule is CC[C@H](N)C(=O)N[C@@H](CCN)C(=O)O. The number of aliphatic carboxylic acids is 1. The molecule has 0 unspecified atom stereocenters. The zero-order valence-electron chi connectivity index (χ0n) is 8.19. The largest absolute Gasteiger partial charge is 0.480 e. The highest BCUT2D eigenvalue weighted by atomic mass is 16.4. The van der Waals surface area contributed by atoms with E-state index in [1.165, 1.54) is 0 Å². The van der Waals surface area contributed by atoms with Crippen LogP contribution in [-0.2, 0) is 9.59 Å². The standard InChI is InChI=1S/C8H17N3O3/c1-2-5(10)7(12)11-6(3-4-9)8(13)14/h5-6H,2-4,9-10H2,1H3,(H,11,12)(H,13,14)/t5-,6-/m0/s1. The third-order valence-electron chi connectivity index (χ3n) is 1.85. The van der Waals surface area contributed by atoms with Crippen LogP contribution in [0.25, 0.3) is 0 Å². The summed E-state index contributed by atoms with van der Waals surface area (Å²) in [4.78, 5) is 21.8. The normalized spacial score (nSPS) is 14.5. The minimum absolute atomic E-state index is 0.206. The quantitative estimate of drug-likeness (QED) is 0.425. The van der Waals surface area contributed by atoms with Crippen LogP contribution in [0, 0.1) is 0 Å². The predicted octanol–water partition coefficient (Wildman–Crippen LogP) is -1.36. The van der Waals surface area contributed by atoms with Crippen LogP contribution in [-0.4, -0.2) is 35.6 Å². The fourth-order valence-corrected chi connectivity index (χ4v) is 0.888. The summed E-state index contributed by atoms with van der Waals surface area (Å²) in [6.45, 7) is 1.96. The zero-order chi connectivity index (χ0) is 11.1. The molecule has 6 heteroatoms. The third kappa shape index (κ3) is 4.20. The van der Waals surface area contributed by atoms with Crippen molar-refractivity contribution in [3.05, 3.63) is 0 Å². The molecule has 0 saturated heterocycles. The van der Waals surface area contributed by atoms with Crippen molar-refractivity contribution in [3.8, 4) is 0 Å². The maximum Gasteiger partial charge on any atom is 0.326 e. The topological polar surface area (TPSA) is 118 Å². The Labute approximate surface area is 82.6 Å². The Morgan fingerprint density at radius 2 is 2.07 bits per heavy atom. The van der Waals surface area contributed by atoms with Crippen molar-refractivity contribution in [2.75, 3.05) is 6.54 Å². The summed E-state index contributed by atoms with van der Waals surface area (Å²) in [7, 11) is 0. The molecule has 0 aromatic heterocycles. The van der Waals surface area contributed by atoms with Gasteiger partial charge in [-0.15, -0.1) is 0 Å². The van der Waals surface area contributed by atoms with Gasteiger partial charge in [-0.05, 0) is 19.4 Å². The molecule has 1 amide bonds. The molecule has 0 aromatic carbocycles. The summed E-state index contributed by atoms with van der Waals surface area (Å²) in [5.74, 6) is -1.54. The molecule has 0 rings (SSSR count). The highest BCUT2D eigenvalue weighted by molar-refractivity contribution is 5.86. The molecule has 0 spiro atoms. The molecule has 0 saturated carbocycles. The first kappa shape index (κ1) is 12.9. The van der Waals surface area contributed by atoms with Gasteiger partial charge in [-0.3, -0.25) is 4.79 Å². The molecule has 14 heavy (non-hydrogen) atoms. The molecular formula is C8H17N3O3. The fourth-order valence-electron chi connectivity index (χ4n) is 0.888. The van der Waals surface area contributed by atoms with Crippen LogP contribution >= 0.6 is 0 Å². The summed E-state index contributed by atoms with van der Waals surface area (Å²) >= 11 is 0. The van der Waals surface area contributed by atoms with Crippen LogP contribution in [0.15, 0.2) is 0 Å². The van der Waals surface area contributed by atoms with E-state index in [4.69, 9.17) is 16.6 Å². The van der Waals surface area contributed by atoms with E-state index in [9.17, 15) is 9.59 Å². The van der Waals surface area contributed by atoms with Gasteiger partial charge in [-0.2, -0.15) is 0 Å². The van der Waals surface area contributed by atoms with Crippen molar-refractivity contribution in [1.82, 2.24) is 5.32 Å². The molecule has 0 bridgehead atoms. The highest BCUT2D eigenvalue weighted by Gasteiger charge is 2.21. The van der Waals surface area contributed by atoms with Gasteiger partial charge in [0.1, 0.15) is 6.04 Å². The molecule has 0 aliphatic carbocycles. The van der Waals surface area contributed by atoms with Gasteiger partial charge in [0.15, 0.2) is 0 Å². The molecular weight excluding hydrogens is 186 g/mol. The second kappa shape index (κ2) is 6.33. The van der Waals surface area contributed by atoms with Gasteiger partial charge in [0.25, 0.3) is 0 Å². The Morgan fingerprint density at radius 1 is 1.50 bits per heavy atom. The highest BCUT2D eigenvalue weighted by Crippen LogP contribution is 1.93. The summed E-state index contributed by atoms with van der Waals surface area (Å²) < 4.78 is 0. The average Bonchev–Trinajstić information content (AvgIpc) is 2.15. The first-order valence-corrected chi connectivity index (χ1v) is 4.51. The summed E-state index contributed by atoms with van der Waals surface area (Å²) in [5.41, 5.74) is 10.6. The van der Waals surface area contributed by atoms with Crippen molar-refractivity contribution < 1.29 is 14.7 Å². The van der Waals surface area contributed by atoms with Gasteiger partial charge in [0.2, 0.25) is 5.91 Å². The van der Waals surface area contributed by atoms with Crippen LogP contribution in [0.5, 0.6) is 0 Å². The van der Waals surface area contributed by atoms with Gasteiger partial charge in [-0.25, -0.2) is 4.79 Å². The van der Waals surface area contributed by atoms with E-state index in [1.807, 2.05) is 0 Å². The van der Waals surface area contributed by atoms with E-state index in [0.29, 0.717) is 6.42 Å². The molecule has 0 fully saturated rings. The molecule has 6 nitrogen and oxygen atoms in total. The number of carbonyl (C=O) groups is 2. The molecule has 0 aliphatic rings. The number of nitrogens with two attached hydrogens (primary N) is 2. The second-order valence-electron chi connectivity index (χ2n) is 2.99. The van der Waals surface area contributed by atoms with Crippen molar-refractivity contribution in [2.24, 2.45) is 11.5 Å². The van der Waals surface area contributed by atoms with E-state index in [1.54, 1.807) is 6.92 Å². The maximum atomic E-state index is 11.2. The number of carbonyl (C=O) groups excluding carboxylic acids is 1. The van der Waals surface area contributed by atoms with Crippen molar-refractivity contribution >= 4 is 11.9 Å². The lowest BCUT2D eigenvalue weighted by molar-refractivity contribution is -0.142. The smallest absolute Gasteiger partial charge is 0.326 e. The number of amides is 1. The average molecular weight is 203 g/mol. The first-order chi connectivity index (χ1) is 6.52. The Balaban J connectivity index is 4.15. The molecule has 82 valence electrons. The van der Waals surface area contributed by atoms with Crippen LogP contribution in [0.2, 0.25) is 0 Å². The van der Waals surface area contributed by atoms with Gasteiger partial charge in [0.05, 0.1) is 6.04 Å². The van der Waals surface area contributed by atoms with E-state index in [0.717, 1.165) is 0 Å². The summed E-state index contributed by atoms with van der Waals surface area (Å²) in [6.07, 6.45) is 0.679. The Morgan fingerprint density at radius 3 is 2.43 bits per heavy atom. The molecule has 2 atom stereocenters. The number of rotatable bonds is 6. The molecule has 0 radical (unpaired) electrons. The van der Waals surface area contributed by atoms with Crippen LogP contribution in [0.4, 0.5) is 0 Å². The zero-order valence-corrected chi connectivity index (χ0v) is 8.19. The van der Waals surface area contributed by atoms with Gasteiger partial charge >= 0.3 is 5.97 Å². The van der Waals surface area contributed by atoms with Gasteiger partial charge < -0.3 is 21.9 Å². The van der Waals surface area contributed by atoms with Crippen molar-refractivity contribution in [3.63, 3.8) is 0 Å². The summed E-state index contributed by atoms with van der Waals surface area (Å²) in [5, 5.41) is 11.0. The number of carboxylic acids is 1. The van der Waals surface area contributed by atoms with E-state index in [2.05, 4.69) is 5.32 Å². The Hall–Kier alpha value is -1.14. The number of hydrogen-bond acceptors (Lipinski definition) is 4. The number of hydrogen-bond donors (Lipinski definition) is 4. The predicted molar refractivity (Wildman–Crippen MR) is 51.5 cm³/mol. The fraction of sp³-hybridized carbons (Fsp3) is 0.750. The Kier molecular flexibility index (Phi) is 5.82. The van der Waals surface area contributed by atoms with E-state index >= 15 is 0 Å². The van der Waals surface area contributed by atoms with Crippen molar-refractivity contribution in [1.29, 1.82) is 0 Å². The number of nitrogens with one attached hydrogen (secondary N) is 1. The first-order valence-electron chi connectivity index (χ1n) is 4.51. The van der Waals surface area contributed by atoms with Crippen LogP contribution in [0.1, 0.15) is 19.8 Å². The van der Waals surface area contributed by atoms with Crippen molar-refractivity contribution in [2.45, 2.75) is 31.8 Å². The molecule has 0 aromatic rings. The van der Waals surface area contributed by atoms with Gasteiger partial charge in [0, 0.05) is 0 Å². The monoisotopic (exact) mass is 203 g/mol. The van der Waals surface area contributed by atoms with Gasteiger partial charge in [-0.1, -0.05) is 6.92 Å². The second-order valence-corrected chi connectivity index (χ2v) is 2.99. The summed E-state index contributed by atoms with van der Waals surface area (Å²) in [6, 6.07) is -1.60. The number of carboxylic acid groups (broad SMARTS) is 1. The van der Waals surface area contributed by atoms with E-state index in [-0.39, 0.29) is 13.0 Å². The van der Waals surface area contributed by atoms with E-state index < -0.39 is 24.0 Å². The molecule has 0 aliphatic heterocycles. The third-order valence-corrected chi connectivity index (χ3v) is 1.85. The lowest BCUT2D eigenvalue weighted by Crippen LogP contribution is -2.48. The lowest BCUT2D eigenvalue weighted by atomic mass is 10.1. The lowest BCUT2D eigenvalue weighted by Gasteiger charge is -2.16. The van der Waals surface area contributed by atoms with Crippen LogP contribution in [0.3, 0.4) is 0 Å². The minimum atomic E-state index is -1.09. The van der Waals surface area contributed by atoms with Crippen LogP contribution < -0.4 is 16.8 Å². The molecule has 6 N–H and O–H groups in total. The Bertz CT molecular complexity index is 208. The molecule has 0 heterocycles.